The molecule has 32 heavy (non-hydrogen) atoms. The van der Waals surface area contributed by atoms with E-state index in [1.54, 1.807) is 20.1 Å². The lowest BCUT2D eigenvalue weighted by atomic mass is 10.0. The van der Waals surface area contributed by atoms with E-state index < -0.39 is 0 Å². The van der Waals surface area contributed by atoms with Crippen LogP contribution < -0.4 is 15.6 Å². The van der Waals surface area contributed by atoms with Gasteiger partial charge in [0.1, 0.15) is 23.6 Å². The zero-order chi connectivity index (χ0) is 22.7. The molecule has 0 aliphatic carbocycles. The number of carbonyl (C=O) groups is 1. The lowest BCUT2D eigenvalue weighted by molar-refractivity contribution is -0.121. The van der Waals surface area contributed by atoms with Gasteiger partial charge in [0.2, 0.25) is 5.91 Å². The third kappa shape index (κ3) is 4.39. The molecule has 4 aromatic rings. The number of aryl methyl sites for hydroxylation is 1. The molecule has 1 N–H and O–H groups in total. The molecule has 8 nitrogen and oxygen atoms in total. The van der Waals surface area contributed by atoms with Gasteiger partial charge in [0, 0.05) is 12.1 Å². The van der Waals surface area contributed by atoms with Crippen molar-refractivity contribution in [1.82, 2.24) is 24.7 Å². The molecule has 4 rings (SSSR count). The van der Waals surface area contributed by atoms with Gasteiger partial charge in [-0.25, -0.2) is 9.20 Å². The first kappa shape index (κ1) is 21.3. The Kier molecular flexibility index (Phi) is 6.02. The number of hydrogen-bond acceptors (Lipinski definition) is 5. The second kappa shape index (κ2) is 9.05. The molecule has 0 saturated carbocycles. The van der Waals surface area contributed by atoms with Crippen molar-refractivity contribution in [2.24, 2.45) is 0 Å². The van der Waals surface area contributed by atoms with Crippen LogP contribution in [0.25, 0.3) is 16.8 Å². The van der Waals surface area contributed by atoms with Gasteiger partial charge >= 0.3 is 0 Å². The normalized spacial score (nSPS) is 12.0. The van der Waals surface area contributed by atoms with Crippen molar-refractivity contribution < 1.29 is 9.53 Å². The Balaban J connectivity index is 1.52. The summed E-state index contributed by atoms with van der Waals surface area (Å²) in [5.41, 5.74) is 2.65. The number of rotatable bonds is 7. The summed E-state index contributed by atoms with van der Waals surface area (Å²) in [5, 5.41) is 11.7. The summed E-state index contributed by atoms with van der Waals surface area (Å²) in [4.78, 5) is 25.5. The van der Waals surface area contributed by atoms with Crippen molar-refractivity contribution in [2.75, 3.05) is 13.7 Å². The number of aromatic nitrogens is 4. The van der Waals surface area contributed by atoms with E-state index in [0.29, 0.717) is 23.6 Å². The van der Waals surface area contributed by atoms with Crippen LogP contribution in [0, 0.1) is 6.92 Å². The van der Waals surface area contributed by atoms with E-state index in [-0.39, 0.29) is 23.9 Å². The maximum absolute atomic E-state index is 13.0. The van der Waals surface area contributed by atoms with E-state index in [4.69, 9.17) is 4.74 Å². The van der Waals surface area contributed by atoms with Crippen LogP contribution in [0.2, 0.25) is 0 Å². The summed E-state index contributed by atoms with van der Waals surface area (Å²) < 4.78 is 7.88. The second-order valence-electron chi connectivity index (χ2n) is 7.68. The van der Waals surface area contributed by atoms with Crippen molar-refractivity contribution in [3.8, 4) is 17.0 Å². The number of methoxy groups -OCH3 is 1. The van der Waals surface area contributed by atoms with Crippen LogP contribution in [0.5, 0.6) is 5.75 Å². The molecule has 0 saturated heterocycles. The molecular formula is C24H25N5O3. The monoisotopic (exact) mass is 431 g/mol. The van der Waals surface area contributed by atoms with Gasteiger partial charge in [-0.15, -0.1) is 0 Å². The van der Waals surface area contributed by atoms with Crippen molar-refractivity contribution in [1.29, 1.82) is 0 Å². The van der Waals surface area contributed by atoms with Crippen LogP contribution in [0.1, 0.15) is 24.2 Å². The topological polar surface area (TPSA) is 90.5 Å². The first-order valence-electron chi connectivity index (χ1n) is 10.4. The van der Waals surface area contributed by atoms with E-state index in [0.717, 1.165) is 16.9 Å². The zero-order valence-electron chi connectivity index (χ0n) is 18.3. The van der Waals surface area contributed by atoms with Crippen LogP contribution in [0.4, 0.5) is 0 Å². The van der Waals surface area contributed by atoms with Crippen LogP contribution in [0.3, 0.4) is 0 Å². The summed E-state index contributed by atoms with van der Waals surface area (Å²) in [6, 6.07) is 19.1. The smallest absolute Gasteiger partial charge is 0.293 e. The largest absolute Gasteiger partial charge is 0.497 e. The van der Waals surface area contributed by atoms with Gasteiger partial charge in [-0.1, -0.05) is 37.3 Å². The SMILES string of the molecule is COc1ccc(-c2cc3c(=O)n(CC(=O)NC[C@H](C)c4ccccc4)nc(C)n3n2)cc1. The number of ether oxygens (including phenoxy) is 1. The molecule has 1 amide bonds. The van der Waals surface area contributed by atoms with Gasteiger partial charge in [0.15, 0.2) is 0 Å². The van der Waals surface area contributed by atoms with Crippen LogP contribution >= 0.6 is 0 Å². The van der Waals surface area contributed by atoms with Crippen molar-refractivity contribution in [3.63, 3.8) is 0 Å². The molecule has 0 radical (unpaired) electrons. The lowest BCUT2D eigenvalue weighted by Gasteiger charge is -2.13. The molecule has 164 valence electrons. The quantitative estimate of drug-likeness (QED) is 0.486. The Morgan fingerprint density at radius 1 is 1.09 bits per heavy atom. The number of amides is 1. The van der Waals surface area contributed by atoms with Gasteiger partial charge in [0.25, 0.3) is 5.56 Å². The maximum Gasteiger partial charge on any atom is 0.293 e. The van der Waals surface area contributed by atoms with Crippen molar-refractivity contribution >= 4 is 11.4 Å². The number of nitrogens with one attached hydrogen (secondary N) is 1. The maximum atomic E-state index is 13.0. The van der Waals surface area contributed by atoms with Crippen LogP contribution in [-0.2, 0) is 11.3 Å². The predicted molar refractivity (Wildman–Crippen MR) is 122 cm³/mol. The molecule has 2 heterocycles. The zero-order valence-corrected chi connectivity index (χ0v) is 18.3. The second-order valence-corrected chi connectivity index (χ2v) is 7.68. The highest BCUT2D eigenvalue weighted by atomic mass is 16.5. The standard InChI is InChI=1S/C24H25N5O3/c1-16(18-7-5-4-6-8-18)14-25-23(30)15-28-24(31)22-13-21(27-29(22)17(2)26-28)19-9-11-20(32-3)12-10-19/h4-13,16H,14-15H2,1-3H3,(H,25,30)/t16-/m0/s1. The Bertz CT molecular complexity index is 1290. The Morgan fingerprint density at radius 3 is 2.50 bits per heavy atom. The molecule has 1 atom stereocenters. The van der Waals surface area contributed by atoms with Gasteiger partial charge in [-0.3, -0.25) is 9.59 Å². The molecule has 0 aliphatic rings. The number of benzene rings is 2. The highest BCUT2D eigenvalue weighted by molar-refractivity contribution is 5.76. The molecule has 0 aliphatic heterocycles. The molecule has 0 spiro atoms. The minimum absolute atomic E-state index is 0.152. The highest BCUT2D eigenvalue weighted by Gasteiger charge is 2.15. The predicted octanol–water partition coefficient (Wildman–Crippen LogP) is 2.79. The fourth-order valence-corrected chi connectivity index (χ4v) is 3.54. The third-order valence-corrected chi connectivity index (χ3v) is 5.39. The number of fused-ring (bicyclic) bond motifs is 1. The molecule has 2 aromatic carbocycles. The van der Waals surface area contributed by atoms with Gasteiger partial charge < -0.3 is 10.1 Å². The molecule has 0 fully saturated rings. The number of hydrogen-bond donors (Lipinski definition) is 1. The minimum atomic E-state index is -0.367. The first-order valence-corrected chi connectivity index (χ1v) is 10.4. The highest BCUT2D eigenvalue weighted by Crippen LogP contribution is 2.22. The molecule has 2 aromatic heterocycles. The van der Waals surface area contributed by atoms with E-state index in [9.17, 15) is 9.59 Å². The summed E-state index contributed by atoms with van der Waals surface area (Å²) in [6.45, 7) is 4.13. The van der Waals surface area contributed by atoms with Crippen molar-refractivity contribution in [2.45, 2.75) is 26.3 Å². The molecule has 0 unspecified atom stereocenters. The van der Waals surface area contributed by atoms with Crippen LogP contribution in [-0.4, -0.2) is 39.0 Å². The number of carbonyl (C=O) groups excluding carboxylic acids is 1. The average Bonchev–Trinajstić information content (AvgIpc) is 3.28. The van der Waals surface area contributed by atoms with Crippen LogP contribution in [0.15, 0.2) is 65.5 Å². The minimum Gasteiger partial charge on any atom is -0.497 e. The fourth-order valence-electron chi connectivity index (χ4n) is 3.54. The van der Waals surface area contributed by atoms with E-state index in [2.05, 4.69) is 15.5 Å². The molecular weight excluding hydrogens is 406 g/mol. The average molecular weight is 431 g/mol. The van der Waals surface area contributed by atoms with Gasteiger partial charge in [0.05, 0.1) is 12.8 Å². The Hall–Kier alpha value is -3.94. The lowest BCUT2D eigenvalue weighted by Crippen LogP contribution is -2.36. The number of nitrogens with zero attached hydrogens (tertiary/aromatic N) is 4. The summed E-state index contributed by atoms with van der Waals surface area (Å²) in [6.07, 6.45) is 0. The first-order chi connectivity index (χ1) is 15.5. The van der Waals surface area contributed by atoms with E-state index in [1.165, 1.54) is 9.20 Å². The molecule has 0 bridgehead atoms. The third-order valence-electron chi connectivity index (χ3n) is 5.39. The van der Waals surface area contributed by atoms with Crippen molar-refractivity contribution in [3.05, 3.63) is 82.4 Å². The van der Waals surface area contributed by atoms with E-state index >= 15 is 0 Å². The fraction of sp³-hybridized carbons (Fsp3) is 0.250. The molecule has 8 heteroatoms. The van der Waals surface area contributed by atoms with Gasteiger partial charge in [-0.05, 0) is 48.7 Å². The van der Waals surface area contributed by atoms with E-state index in [1.807, 2.05) is 61.5 Å². The summed E-state index contributed by atoms with van der Waals surface area (Å²) in [7, 11) is 1.61. The Morgan fingerprint density at radius 2 is 1.81 bits per heavy atom. The summed E-state index contributed by atoms with van der Waals surface area (Å²) >= 11 is 0. The van der Waals surface area contributed by atoms with Gasteiger partial charge in [-0.2, -0.15) is 10.2 Å². The Labute approximate surface area is 185 Å². The summed E-state index contributed by atoms with van der Waals surface area (Å²) in [5.74, 6) is 1.16.